The molecule has 1 aliphatic rings. The highest BCUT2D eigenvalue weighted by atomic mass is 32.1. The summed E-state index contributed by atoms with van der Waals surface area (Å²) < 4.78 is 12.7. The van der Waals surface area contributed by atoms with Gasteiger partial charge in [-0.2, -0.15) is 0 Å². The Morgan fingerprint density at radius 1 is 0.921 bits per heavy atom. The van der Waals surface area contributed by atoms with Crippen LogP contribution in [0.5, 0.6) is 5.75 Å². The maximum Gasteiger partial charge on any atom is 0.261 e. The highest BCUT2D eigenvalue weighted by Gasteiger charge is 2.18. The molecule has 192 valence electrons. The Kier molecular flexibility index (Phi) is 7.31. The number of morpholine rings is 1. The molecule has 4 aromatic carbocycles. The zero-order chi connectivity index (χ0) is 25.7. The first kappa shape index (κ1) is 24.6. The van der Waals surface area contributed by atoms with Crippen molar-refractivity contribution in [2.45, 2.75) is 6.42 Å². The van der Waals surface area contributed by atoms with E-state index < -0.39 is 0 Å². The highest BCUT2D eigenvalue weighted by Crippen LogP contribution is 2.30. The number of anilines is 1. The molecule has 2 heterocycles. The Bertz CT molecular complexity index is 1560. The molecular formula is C31H29N3O3S. The van der Waals surface area contributed by atoms with Crippen LogP contribution in [0.15, 0.2) is 84.9 Å². The van der Waals surface area contributed by atoms with Crippen molar-refractivity contribution in [3.63, 3.8) is 0 Å². The van der Waals surface area contributed by atoms with E-state index in [2.05, 4.69) is 51.6 Å². The van der Waals surface area contributed by atoms with Gasteiger partial charge >= 0.3 is 0 Å². The number of amides is 1. The summed E-state index contributed by atoms with van der Waals surface area (Å²) in [6, 6.07) is 28.6. The van der Waals surface area contributed by atoms with Gasteiger partial charge in [-0.3, -0.25) is 15.0 Å². The van der Waals surface area contributed by atoms with Crippen molar-refractivity contribution < 1.29 is 14.3 Å². The van der Waals surface area contributed by atoms with E-state index in [1.165, 1.54) is 22.5 Å². The quantitative estimate of drug-likeness (QED) is 0.270. The van der Waals surface area contributed by atoms with Crippen LogP contribution < -0.4 is 10.1 Å². The fourth-order valence-corrected chi connectivity index (χ4v) is 5.68. The van der Waals surface area contributed by atoms with Crippen molar-refractivity contribution in [3.05, 3.63) is 102 Å². The molecule has 0 saturated carbocycles. The summed E-state index contributed by atoms with van der Waals surface area (Å²) in [6.45, 7) is 4.60. The van der Waals surface area contributed by atoms with Gasteiger partial charge in [-0.05, 0) is 52.6 Å². The number of benzene rings is 4. The Morgan fingerprint density at radius 3 is 2.50 bits per heavy atom. The van der Waals surface area contributed by atoms with Gasteiger partial charge < -0.3 is 9.47 Å². The zero-order valence-corrected chi connectivity index (χ0v) is 21.9. The molecule has 1 fully saturated rings. The van der Waals surface area contributed by atoms with Gasteiger partial charge in [-0.15, -0.1) is 0 Å². The number of hydrogen-bond acceptors (Lipinski definition) is 6. The number of carbonyl (C=O) groups is 1. The lowest BCUT2D eigenvalue weighted by Crippen LogP contribution is -2.38. The zero-order valence-electron chi connectivity index (χ0n) is 21.1. The Labute approximate surface area is 225 Å². The fraction of sp³-hybridized carbons (Fsp3) is 0.226. The lowest BCUT2D eigenvalue weighted by molar-refractivity contribution is 0.0322. The second-order valence-electron chi connectivity index (χ2n) is 9.44. The third kappa shape index (κ3) is 5.70. The third-order valence-electron chi connectivity index (χ3n) is 6.79. The molecule has 6 rings (SSSR count). The van der Waals surface area contributed by atoms with Crippen molar-refractivity contribution >= 4 is 43.4 Å². The number of nitrogens with zero attached hydrogens (tertiary/aromatic N) is 2. The monoisotopic (exact) mass is 523 g/mol. The molecule has 0 aliphatic carbocycles. The van der Waals surface area contributed by atoms with Crippen LogP contribution in [-0.2, 0) is 11.2 Å². The first-order valence-corrected chi connectivity index (χ1v) is 13.7. The van der Waals surface area contributed by atoms with E-state index in [1.807, 2.05) is 48.5 Å². The van der Waals surface area contributed by atoms with Gasteiger partial charge in [-0.25, -0.2) is 4.98 Å². The molecule has 0 spiro atoms. The summed E-state index contributed by atoms with van der Waals surface area (Å²) in [5.41, 5.74) is 3.87. The van der Waals surface area contributed by atoms with Crippen molar-refractivity contribution in [1.82, 2.24) is 9.88 Å². The predicted octanol–water partition coefficient (Wildman–Crippen LogP) is 6.00. The fourth-order valence-electron chi connectivity index (χ4n) is 4.75. The van der Waals surface area contributed by atoms with Gasteiger partial charge in [-0.1, -0.05) is 72.0 Å². The van der Waals surface area contributed by atoms with Crippen LogP contribution in [0.3, 0.4) is 0 Å². The third-order valence-corrected chi connectivity index (χ3v) is 7.72. The molecule has 6 nitrogen and oxygen atoms in total. The maximum absolute atomic E-state index is 13.5. The van der Waals surface area contributed by atoms with E-state index in [9.17, 15) is 4.79 Å². The second kappa shape index (κ2) is 11.3. The number of thiazole rings is 1. The van der Waals surface area contributed by atoms with E-state index in [4.69, 9.17) is 9.47 Å². The largest absolute Gasteiger partial charge is 0.491 e. The van der Waals surface area contributed by atoms with Crippen LogP contribution >= 0.6 is 11.3 Å². The number of hydrogen-bond donors (Lipinski definition) is 1. The Balaban J connectivity index is 1.21. The van der Waals surface area contributed by atoms with Gasteiger partial charge in [0.25, 0.3) is 5.91 Å². The molecule has 0 unspecified atom stereocenters. The van der Waals surface area contributed by atoms with Gasteiger partial charge in [0.2, 0.25) is 0 Å². The molecule has 0 bridgehead atoms. The molecule has 1 amide bonds. The molecule has 1 aliphatic heterocycles. The second-order valence-corrected chi connectivity index (χ2v) is 10.5. The van der Waals surface area contributed by atoms with E-state index in [0.29, 0.717) is 23.1 Å². The molecule has 0 radical (unpaired) electrons. The summed E-state index contributed by atoms with van der Waals surface area (Å²) in [5, 5.41) is 5.63. The molecule has 1 aromatic heterocycles. The average molecular weight is 524 g/mol. The number of aromatic nitrogens is 1. The molecule has 1 N–H and O–H groups in total. The summed E-state index contributed by atoms with van der Waals surface area (Å²) in [5.74, 6) is 0.362. The number of carbonyl (C=O) groups excluding carboxylic acids is 1. The molecular weight excluding hydrogens is 494 g/mol. The van der Waals surface area contributed by atoms with Crippen molar-refractivity contribution in [2.75, 3.05) is 44.8 Å². The topological polar surface area (TPSA) is 63.7 Å². The van der Waals surface area contributed by atoms with Gasteiger partial charge in [0.15, 0.2) is 5.13 Å². The Hall–Kier alpha value is -3.78. The summed E-state index contributed by atoms with van der Waals surface area (Å²) in [6.07, 6.45) is 0.860. The predicted molar refractivity (Wildman–Crippen MR) is 154 cm³/mol. The van der Waals surface area contributed by atoms with Crippen LogP contribution in [0.4, 0.5) is 5.13 Å². The van der Waals surface area contributed by atoms with Crippen LogP contribution in [-0.4, -0.2) is 55.2 Å². The summed E-state index contributed by atoms with van der Waals surface area (Å²) in [7, 11) is 0. The number of rotatable bonds is 8. The normalized spacial score (nSPS) is 14.1. The lowest BCUT2D eigenvalue weighted by Gasteiger charge is -2.26. The smallest absolute Gasteiger partial charge is 0.261 e. The molecule has 1 saturated heterocycles. The maximum atomic E-state index is 13.5. The molecule has 0 atom stereocenters. The van der Waals surface area contributed by atoms with Crippen molar-refractivity contribution in [3.8, 4) is 5.75 Å². The molecule has 7 heteroatoms. The summed E-state index contributed by atoms with van der Waals surface area (Å²) in [4.78, 5) is 20.5. The molecule has 5 aromatic rings. The van der Waals surface area contributed by atoms with Crippen molar-refractivity contribution in [1.29, 1.82) is 0 Å². The average Bonchev–Trinajstić information content (AvgIpc) is 3.35. The lowest BCUT2D eigenvalue weighted by atomic mass is 10.1. The van der Waals surface area contributed by atoms with E-state index in [-0.39, 0.29) is 5.91 Å². The SMILES string of the molecule is O=C(Nc1nc2ccc(Cc3ccccc3)cc2s1)c1cc2ccccc2cc1OCCN1CCOCC1. The first-order chi connectivity index (χ1) is 18.7. The number of ether oxygens (including phenoxy) is 2. The standard InChI is InChI=1S/C31H29N3O3S/c35-30(33-31-32-27-11-10-23(19-29(27)38-31)18-22-6-2-1-3-7-22)26-20-24-8-4-5-9-25(24)21-28(26)37-17-14-34-12-15-36-16-13-34/h1-11,19-21H,12-18H2,(H,32,33,35). The minimum atomic E-state index is -0.222. The van der Waals surface area contributed by atoms with E-state index >= 15 is 0 Å². The van der Waals surface area contributed by atoms with Crippen molar-refractivity contribution in [2.24, 2.45) is 0 Å². The minimum absolute atomic E-state index is 0.222. The van der Waals surface area contributed by atoms with E-state index in [0.717, 1.165) is 60.3 Å². The summed E-state index contributed by atoms with van der Waals surface area (Å²) >= 11 is 1.49. The van der Waals surface area contributed by atoms with Gasteiger partial charge in [0, 0.05) is 19.6 Å². The van der Waals surface area contributed by atoms with Gasteiger partial charge in [0.05, 0.1) is 29.0 Å². The van der Waals surface area contributed by atoms with Crippen LogP contribution in [0.2, 0.25) is 0 Å². The van der Waals surface area contributed by atoms with Crippen LogP contribution in [0.1, 0.15) is 21.5 Å². The van der Waals surface area contributed by atoms with Crippen LogP contribution in [0.25, 0.3) is 21.0 Å². The highest BCUT2D eigenvalue weighted by molar-refractivity contribution is 7.22. The first-order valence-electron chi connectivity index (χ1n) is 12.9. The van der Waals surface area contributed by atoms with E-state index in [1.54, 1.807) is 0 Å². The minimum Gasteiger partial charge on any atom is -0.491 e. The van der Waals surface area contributed by atoms with Gasteiger partial charge in [0.1, 0.15) is 12.4 Å². The number of nitrogens with one attached hydrogen (secondary N) is 1. The Morgan fingerprint density at radius 2 is 1.68 bits per heavy atom. The molecule has 38 heavy (non-hydrogen) atoms. The number of fused-ring (bicyclic) bond motifs is 2. The van der Waals surface area contributed by atoms with Crippen LogP contribution in [0, 0.1) is 0 Å².